The van der Waals surface area contributed by atoms with E-state index in [0.29, 0.717) is 11.6 Å². The number of aromatic nitrogens is 5. The summed E-state index contributed by atoms with van der Waals surface area (Å²) >= 11 is 1.78. The Morgan fingerprint density at radius 1 is 1.25 bits per heavy atom. The van der Waals surface area contributed by atoms with Crippen molar-refractivity contribution in [2.45, 2.75) is 11.8 Å². The molecule has 0 bridgehead atoms. The number of thioether (sulfide) groups is 1. The van der Waals surface area contributed by atoms with E-state index < -0.39 is 0 Å². The van der Waals surface area contributed by atoms with Crippen molar-refractivity contribution in [2.75, 3.05) is 11.5 Å². The number of anilines is 1. The Hall–Kier alpha value is -2.35. The van der Waals surface area contributed by atoms with Gasteiger partial charge in [0.05, 0.1) is 0 Å². The molecule has 0 saturated heterocycles. The summed E-state index contributed by atoms with van der Waals surface area (Å²) in [6, 6.07) is 7.99. The van der Waals surface area contributed by atoms with Crippen LogP contribution in [0.4, 0.5) is 5.95 Å². The smallest absolute Gasteiger partial charge is 0.295 e. The van der Waals surface area contributed by atoms with Crippen molar-refractivity contribution < 1.29 is 4.52 Å². The van der Waals surface area contributed by atoms with Crippen LogP contribution in [0.25, 0.3) is 23.1 Å². The van der Waals surface area contributed by atoms with Crippen molar-refractivity contribution in [2.24, 2.45) is 0 Å². The van der Waals surface area contributed by atoms with Crippen LogP contribution in [0.3, 0.4) is 0 Å². The SMILES string of the molecule is CCSc1ccc(-c2noc(-c3nc(N)n[nH]3)n2)cc1. The molecule has 3 aromatic rings. The highest BCUT2D eigenvalue weighted by Gasteiger charge is 2.13. The number of aromatic amines is 1. The Bertz CT molecular complexity index is 705. The molecule has 2 heterocycles. The Morgan fingerprint density at radius 2 is 2.05 bits per heavy atom. The summed E-state index contributed by atoms with van der Waals surface area (Å²) in [5.74, 6) is 2.30. The molecule has 3 rings (SSSR count). The van der Waals surface area contributed by atoms with E-state index in [1.54, 1.807) is 11.8 Å². The molecule has 20 heavy (non-hydrogen) atoms. The van der Waals surface area contributed by atoms with Gasteiger partial charge in [0.1, 0.15) is 0 Å². The van der Waals surface area contributed by atoms with Crippen molar-refractivity contribution in [3.8, 4) is 23.1 Å². The number of nitrogens with one attached hydrogen (secondary N) is 1. The number of benzene rings is 1. The molecular formula is C12H12N6OS. The van der Waals surface area contributed by atoms with Gasteiger partial charge in [0, 0.05) is 10.5 Å². The number of hydrogen-bond donors (Lipinski definition) is 2. The fourth-order valence-corrected chi connectivity index (χ4v) is 2.34. The molecule has 1 aromatic carbocycles. The van der Waals surface area contributed by atoms with Gasteiger partial charge in [0.25, 0.3) is 5.89 Å². The monoisotopic (exact) mass is 288 g/mol. The van der Waals surface area contributed by atoms with Gasteiger partial charge in [0.15, 0.2) is 0 Å². The van der Waals surface area contributed by atoms with E-state index in [0.717, 1.165) is 11.3 Å². The summed E-state index contributed by atoms with van der Waals surface area (Å²) in [5, 5.41) is 10.3. The number of hydrogen-bond acceptors (Lipinski definition) is 7. The number of H-pyrrole nitrogens is 1. The van der Waals surface area contributed by atoms with E-state index in [9.17, 15) is 0 Å². The summed E-state index contributed by atoms with van der Waals surface area (Å²) in [5.41, 5.74) is 6.32. The van der Waals surface area contributed by atoms with E-state index in [1.165, 1.54) is 4.90 Å². The fourth-order valence-electron chi connectivity index (χ4n) is 1.67. The van der Waals surface area contributed by atoms with Gasteiger partial charge in [-0.15, -0.1) is 16.9 Å². The van der Waals surface area contributed by atoms with Crippen LogP contribution in [0, 0.1) is 0 Å². The first kappa shape index (κ1) is 12.7. The maximum absolute atomic E-state index is 5.43. The van der Waals surface area contributed by atoms with Crippen LogP contribution >= 0.6 is 11.8 Å². The zero-order chi connectivity index (χ0) is 13.9. The third-order valence-electron chi connectivity index (χ3n) is 2.55. The lowest BCUT2D eigenvalue weighted by atomic mass is 10.2. The molecule has 0 aliphatic heterocycles. The van der Waals surface area contributed by atoms with Gasteiger partial charge >= 0.3 is 0 Å². The van der Waals surface area contributed by atoms with Crippen molar-refractivity contribution in [1.82, 2.24) is 25.3 Å². The van der Waals surface area contributed by atoms with Gasteiger partial charge in [-0.25, -0.2) is 0 Å². The first-order chi connectivity index (χ1) is 9.76. The first-order valence-electron chi connectivity index (χ1n) is 6.01. The second-order valence-electron chi connectivity index (χ2n) is 3.92. The van der Waals surface area contributed by atoms with Crippen molar-refractivity contribution in [3.63, 3.8) is 0 Å². The normalized spacial score (nSPS) is 10.8. The highest BCUT2D eigenvalue weighted by molar-refractivity contribution is 7.99. The largest absolute Gasteiger partial charge is 0.366 e. The molecule has 0 spiro atoms. The molecular weight excluding hydrogens is 276 g/mol. The molecule has 2 aromatic heterocycles. The molecule has 0 amide bonds. The minimum atomic E-state index is 0.140. The van der Waals surface area contributed by atoms with Gasteiger partial charge < -0.3 is 10.3 Å². The molecule has 3 N–H and O–H groups in total. The van der Waals surface area contributed by atoms with Gasteiger partial charge in [-0.2, -0.15) is 9.97 Å². The van der Waals surface area contributed by atoms with Crippen LogP contribution in [-0.4, -0.2) is 31.1 Å². The molecule has 8 heteroatoms. The molecule has 102 valence electrons. The molecule has 0 aliphatic carbocycles. The van der Waals surface area contributed by atoms with Crippen molar-refractivity contribution in [1.29, 1.82) is 0 Å². The molecule has 0 saturated carbocycles. The maximum atomic E-state index is 5.43. The van der Waals surface area contributed by atoms with Crippen LogP contribution in [0.1, 0.15) is 6.92 Å². The van der Waals surface area contributed by atoms with Crippen LogP contribution in [-0.2, 0) is 0 Å². The minimum Gasteiger partial charge on any atom is -0.366 e. The van der Waals surface area contributed by atoms with E-state index in [4.69, 9.17) is 10.3 Å². The minimum absolute atomic E-state index is 0.140. The van der Waals surface area contributed by atoms with Crippen LogP contribution in [0.15, 0.2) is 33.7 Å². The Labute approximate surface area is 119 Å². The molecule has 0 fully saturated rings. The summed E-state index contributed by atoms with van der Waals surface area (Å²) in [7, 11) is 0. The summed E-state index contributed by atoms with van der Waals surface area (Å²) in [6.07, 6.45) is 0. The summed E-state index contributed by atoms with van der Waals surface area (Å²) in [6.45, 7) is 2.12. The molecule has 0 aliphatic rings. The molecule has 0 unspecified atom stereocenters. The van der Waals surface area contributed by atoms with Gasteiger partial charge in [-0.3, -0.25) is 5.10 Å². The predicted molar refractivity (Wildman–Crippen MR) is 75.9 cm³/mol. The molecule has 7 nitrogen and oxygen atoms in total. The fraction of sp³-hybridized carbons (Fsp3) is 0.167. The van der Waals surface area contributed by atoms with Crippen molar-refractivity contribution >= 4 is 17.7 Å². The van der Waals surface area contributed by atoms with Gasteiger partial charge in [-0.1, -0.05) is 12.1 Å². The van der Waals surface area contributed by atoms with E-state index in [1.807, 2.05) is 24.3 Å². The third kappa shape index (κ3) is 2.50. The lowest BCUT2D eigenvalue weighted by Gasteiger charge is -1.98. The number of rotatable bonds is 4. The average molecular weight is 288 g/mol. The number of nitrogens with zero attached hydrogens (tertiary/aromatic N) is 4. The molecule has 0 radical (unpaired) electrons. The lowest BCUT2D eigenvalue weighted by molar-refractivity contribution is 0.429. The van der Waals surface area contributed by atoms with Gasteiger partial charge in [0.2, 0.25) is 17.6 Å². The highest BCUT2D eigenvalue weighted by Crippen LogP contribution is 2.23. The van der Waals surface area contributed by atoms with Crippen molar-refractivity contribution in [3.05, 3.63) is 24.3 Å². The van der Waals surface area contributed by atoms with Crippen LogP contribution < -0.4 is 5.73 Å². The summed E-state index contributed by atoms with van der Waals surface area (Å²) in [4.78, 5) is 9.41. The van der Waals surface area contributed by atoms with E-state index >= 15 is 0 Å². The second kappa shape index (κ2) is 5.33. The lowest BCUT2D eigenvalue weighted by Crippen LogP contribution is -1.85. The van der Waals surface area contributed by atoms with Gasteiger partial charge in [-0.05, 0) is 30.0 Å². The van der Waals surface area contributed by atoms with Crippen LogP contribution in [0.2, 0.25) is 0 Å². The summed E-state index contributed by atoms with van der Waals surface area (Å²) < 4.78 is 5.14. The maximum Gasteiger partial charge on any atom is 0.295 e. The van der Waals surface area contributed by atoms with E-state index in [2.05, 4.69) is 32.2 Å². The number of nitrogens with two attached hydrogens (primary N) is 1. The Morgan fingerprint density at radius 3 is 2.70 bits per heavy atom. The zero-order valence-corrected chi connectivity index (χ0v) is 11.5. The zero-order valence-electron chi connectivity index (χ0n) is 10.7. The standard InChI is InChI=1S/C12H12N6OS/c1-2-20-8-5-3-7(4-6-8)9-14-11(19-18-9)10-15-12(13)17-16-10/h3-6H,2H2,1H3,(H3,13,15,16,17). The first-order valence-corrected chi connectivity index (χ1v) is 7.00. The topological polar surface area (TPSA) is 107 Å². The quantitative estimate of drug-likeness (QED) is 0.709. The Kier molecular flexibility index (Phi) is 3.38. The third-order valence-corrected chi connectivity index (χ3v) is 3.45. The van der Waals surface area contributed by atoms with Crippen LogP contribution in [0.5, 0.6) is 0 Å². The highest BCUT2D eigenvalue weighted by atomic mass is 32.2. The second-order valence-corrected chi connectivity index (χ2v) is 5.26. The molecule has 0 atom stereocenters. The number of nitrogen functional groups attached to an aromatic ring is 1. The average Bonchev–Trinajstić information content (AvgIpc) is 3.09. The Balaban J connectivity index is 1.86. The predicted octanol–water partition coefficient (Wildman–Crippen LogP) is 2.22. The van der Waals surface area contributed by atoms with E-state index in [-0.39, 0.29) is 11.8 Å².